The van der Waals surface area contributed by atoms with Gasteiger partial charge in [0.05, 0.1) is 16.1 Å². The summed E-state index contributed by atoms with van der Waals surface area (Å²) in [5.74, 6) is -0.397. The van der Waals surface area contributed by atoms with Crippen molar-refractivity contribution in [3.05, 3.63) is 28.2 Å². The standard InChI is InChI=1S/C13H15BrO4/c14-9-7-8(13(16)17)5-6-11(9)18-12-4-2-1-3-10(12)15/h5-7,10,12,15H,1-4H2,(H,16,17). The van der Waals surface area contributed by atoms with Crippen LogP contribution in [-0.2, 0) is 0 Å². The number of hydrogen-bond donors (Lipinski definition) is 2. The molecule has 2 unspecified atom stereocenters. The van der Waals surface area contributed by atoms with Gasteiger partial charge in [-0.1, -0.05) is 6.42 Å². The first-order valence-electron chi connectivity index (χ1n) is 5.95. The maximum atomic E-state index is 10.8. The first-order valence-corrected chi connectivity index (χ1v) is 6.75. The molecule has 18 heavy (non-hydrogen) atoms. The highest BCUT2D eigenvalue weighted by Gasteiger charge is 2.25. The Hall–Kier alpha value is -1.07. The van der Waals surface area contributed by atoms with E-state index < -0.39 is 12.1 Å². The summed E-state index contributed by atoms with van der Waals surface area (Å²) in [6.45, 7) is 0. The molecule has 0 spiro atoms. The Morgan fingerprint density at radius 1 is 1.33 bits per heavy atom. The van der Waals surface area contributed by atoms with E-state index in [-0.39, 0.29) is 11.7 Å². The van der Waals surface area contributed by atoms with Crippen molar-refractivity contribution >= 4 is 21.9 Å². The van der Waals surface area contributed by atoms with Gasteiger partial charge in [0.2, 0.25) is 0 Å². The van der Waals surface area contributed by atoms with Gasteiger partial charge in [-0.15, -0.1) is 0 Å². The second-order valence-electron chi connectivity index (χ2n) is 4.46. The fourth-order valence-electron chi connectivity index (χ4n) is 2.11. The summed E-state index contributed by atoms with van der Waals surface area (Å²) in [7, 11) is 0. The quantitative estimate of drug-likeness (QED) is 0.900. The molecular formula is C13H15BrO4. The van der Waals surface area contributed by atoms with Gasteiger partial charge in [-0.2, -0.15) is 0 Å². The van der Waals surface area contributed by atoms with E-state index in [0.717, 1.165) is 25.7 Å². The highest BCUT2D eigenvalue weighted by atomic mass is 79.9. The highest BCUT2D eigenvalue weighted by molar-refractivity contribution is 9.10. The number of carbonyl (C=O) groups is 1. The molecule has 0 heterocycles. The average Bonchev–Trinajstić information content (AvgIpc) is 2.34. The lowest BCUT2D eigenvalue weighted by molar-refractivity contribution is 0.00647. The summed E-state index contributed by atoms with van der Waals surface area (Å²) >= 11 is 3.29. The number of rotatable bonds is 3. The highest BCUT2D eigenvalue weighted by Crippen LogP contribution is 2.30. The van der Waals surface area contributed by atoms with Crippen LogP contribution in [0.15, 0.2) is 22.7 Å². The van der Waals surface area contributed by atoms with Gasteiger partial charge in [0.1, 0.15) is 11.9 Å². The molecule has 0 radical (unpaired) electrons. The predicted molar refractivity (Wildman–Crippen MR) is 70.0 cm³/mol. The minimum Gasteiger partial charge on any atom is -0.487 e. The molecular weight excluding hydrogens is 300 g/mol. The van der Waals surface area contributed by atoms with Gasteiger partial charge in [0, 0.05) is 0 Å². The first-order chi connectivity index (χ1) is 8.58. The van der Waals surface area contributed by atoms with Crippen LogP contribution in [0.4, 0.5) is 0 Å². The van der Waals surface area contributed by atoms with Crippen molar-refractivity contribution in [3.63, 3.8) is 0 Å². The summed E-state index contributed by atoms with van der Waals surface area (Å²) in [4.78, 5) is 10.8. The lowest BCUT2D eigenvalue weighted by Crippen LogP contribution is -2.34. The number of halogens is 1. The second kappa shape index (κ2) is 5.71. The van der Waals surface area contributed by atoms with Crippen LogP contribution in [0, 0.1) is 0 Å². The van der Waals surface area contributed by atoms with Crippen LogP contribution in [0.3, 0.4) is 0 Å². The van der Waals surface area contributed by atoms with Crippen LogP contribution in [0.5, 0.6) is 5.75 Å². The van der Waals surface area contributed by atoms with Crippen molar-refractivity contribution in [2.75, 3.05) is 0 Å². The van der Waals surface area contributed by atoms with Gasteiger partial charge < -0.3 is 14.9 Å². The van der Waals surface area contributed by atoms with Gasteiger partial charge in [0.25, 0.3) is 0 Å². The minimum atomic E-state index is -0.972. The van der Waals surface area contributed by atoms with Gasteiger partial charge >= 0.3 is 5.97 Å². The first kappa shape index (κ1) is 13.4. The number of hydrogen-bond acceptors (Lipinski definition) is 3. The van der Waals surface area contributed by atoms with Crippen molar-refractivity contribution < 1.29 is 19.7 Å². The number of carboxylic acids is 1. The van der Waals surface area contributed by atoms with E-state index in [0.29, 0.717) is 10.2 Å². The maximum Gasteiger partial charge on any atom is 0.335 e. The molecule has 0 bridgehead atoms. The summed E-state index contributed by atoms with van der Waals surface area (Å²) in [6, 6.07) is 4.62. The molecule has 1 saturated carbocycles. The van der Waals surface area contributed by atoms with Crippen LogP contribution >= 0.6 is 15.9 Å². The monoisotopic (exact) mass is 314 g/mol. The van der Waals surface area contributed by atoms with Crippen molar-refractivity contribution in [2.45, 2.75) is 37.9 Å². The molecule has 0 aliphatic heterocycles. The Morgan fingerprint density at radius 3 is 2.67 bits per heavy atom. The molecule has 1 aliphatic rings. The molecule has 5 heteroatoms. The third-order valence-electron chi connectivity index (χ3n) is 3.12. The fraction of sp³-hybridized carbons (Fsp3) is 0.462. The Kier molecular flexibility index (Phi) is 4.24. The average molecular weight is 315 g/mol. The normalized spacial score (nSPS) is 23.7. The van der Waals surface area contributed by atoms with E-state index in [2.05, 4.69) is 15.9 Å². The van der Waals surface area contributed by atoms with Crippen LogP contribution in [0.1, 0.15) is 36.0 Å². The van der Waals surface area contributed by atoms with E-state index >= 15 is 0 Å². The van der Waals surface area contributed by atoms with Crippen LogP contribution in [0.2, 0.25) is 0 Å². The zero-order valence-electron chi connectivity index (χ0n) is 9.80. The molecule has 0 amide bonds. The predicted octanol–water partition coefficient (Wildman–Crippen LogP) is 2.83. The number of carboxylic acid groups (broad SMARTS) is 1. The fourth-order valence-corrected chi connectivity index (χ4v) is 2.58. The van der Waals surface area contributed by atoms with Gasteiger partial charge in [0.15, 0.2) is 0 Å². The van der Waals surface area contributed by atoms with Gasteiger partial charge in [-0.25, -0.2) is 4.79 Å². The second-order valence-corrected chi connectivity index (χ2v) is 5.31. The van der Waals surface area contributed by atoms with E-state index in [1.54, 1.807) is 6.07 Å². The third-order valence-corrected chi connectivity index (χ3v) is 3.74. The van der Waals surface area contributed by atoms with E-state index in [1.165, 1.54) is 12.1 Å². The van der Waals surface area contributed by atoms with E-state index in [9.17, 15) is 9.90 Å². The summed E-state index contributed by atoms with van der Waals surface area (Å²) in [6.07, 6.45) is 3.02. The largest absolute Gasteiger partial charge is 0.487 e. The molecule has 0 aromatic heterocycles. The zero-order valence-corrected chi connectivity index (χ0v) is 11.4. The zero-order chi connectivity index (χ0) is 13.1. The number of aliphatic hydroxyl groups excluding tert-OH is 1. The lowest BCUT2D eigenvalue weighted by Gasteiger charge is -2.28. The van der Waals surface area contributed by atoms with Gasteiger partial charge in [-0.3, -0.25) is 0 Å². The third kappa shape index (κ3) is 3.03. The van der Waals surface area contributed by atoms with Crippen molar-refractivity contribution in [1.82, 2.24) is 0 Å². The molecule has 4 nitrogen and oxygen atoms in total. The van der Waals surface area contributed by atoms with Gasteiger partial charge in [-0.05, 0) is 53.4 Å². The molecule has 1 aromatic rings. The SMILES string of the molecule is O=C(O)c1ccc(OC2CCCCC2O)c(Br)c1. The molecule has 1 fully saturated rings. The lowest BCUT2D eigenvalue weighted by atomic mass is 9.95. The number of aliphatic hydroxyl groups is 1. The molecule has 0 saturated heterocycles. The minimum absolute atomic E-state index is 0.203. The van der Waals surface area contributed by atoms with E-state index in [1.807, 2.05) is 0 Å². The molecule has 2 atom stereocenters. The Balaban J connectivity index is 2.11. The topological polar surface area (TPSA) is 66.8 Å². The van der Waals surface area contributed by atoms with Crippen molar-refractivity contribution in [2.24, 2.45) is 0 Å². The summed E-state index contributed by atoms with van der Waals surface area (Å²) in [5, 5.41) is 18.7. The number of ether oxygens (including phenoxy) is 1. The van der Waals surface area contributed by atoms with Crippen LogP contribution in [0.25, 0.3) is 0 Å². The van der Waals surface area contributed by atoms with Crippen LogP contribution in [-0.4, -0.2) is 28.4 Å². The number of aromatic carboxylic acids is 1. The summed E-state index contributed by atoms with van der Waals surface area (Å²) < 4.78 is 6.34. The summed E-state index contributed by atoms with van der Waals surface area (Å²) in [5.41, 5.74) is 0.207. The maximum absolute atomic E-state index is 10.8. The van der Waals surface area contributed by atoms with Crippen molar-refractivity contribution in [3.8, 4) is 5.75 Å². The molecule has 2 N–H and O–H groups in total. The van der Waals surface area contributed by atoms with Crippen LogP contribution < -0.4 is 4.74 Å². The molecule has 1 aliphatic carbocycles. The molecule has 2 rings (SSSR count). The Labute approximate surface area is 114 Å². The smallest absolute Gasteiger partial charge is 0.335 e. The van der Waals surface area contributed by atoms with E-state index in [4.69, 9.17) is 9.84 Å². The number of benzene rings is 1. The Morgan fingerprint density at radius 2 is 2.06 bits per heavy atom. The molecule has 1 aromatic carbocycles. The molecule has 98 valence electrons. The van der Waals surface area contributed by atoms with Crippen molar-refractivity contribution in [1.29, 1.82) is 0 Å². The Bertz CT molecular complexity index is 447.